The summed E-state index contributed by atoms with van der Waals surface area (Å²) in [7, 11) is 3.09. The van der Waals surface area contributed by atoms with E-state index in [9.17, 15) is 9.59 Å². The lowest BCUT2D eigenvalue weighted by Crippen LogP contribution is -2.35. The predicted molar refractivity (Wildman–Crippen MR) is 189 cm³/mol. The van der Waals surface area contributed by atoms with Crippen LogP contribution in [0.15, 0.2) is 48.8 Å². The van der Waals surface area contributed by atoms with Crippen LogP contribution in [-0.2, 0) is 27.4 Å². The largest absolute Gasteiger partial charge is 0.480 e. The molecular formula is C35H38Cl2N8O5. The maximum absolute atomic E-state index is 11.5. The molecule has 2 saturated heterocycles. The topological polar surface area (TPSA) is 176 Å². The molecule has 2 aromatic heterocycles. The molecule has 5 N–H and O–H groups in total. The van der Waals surface area contributed by atoms with Gasteiger partial charge in [-0.05, 0) is 19.3 Å². The summed E-state index contributed by atoms with van der Waals surface area (Å²) in [6, 6.07) is 11.4. The fraction of sp³-hybridized carbons (Fsp3) is 0.371. The number of nitrogens with two attached hydrogens (primary N) is 1. The minimum Gasteiger partial charge on any atom is -0.480 e. The molecule has 2 aliphatic rings. The van der Waals surface area contributed by atoms with Gasteiger partial charge in [-0.15, -0.1) is 0 Å². The minimum absolute atomic E-state index is 0.0763. The summed E-state index contributed by atoms with van der Waals surface area (Å²) in [4.78, 5) is 41.5. The van der Waals surface area contributed by atoms with Gasteiger partial charge in [0.05, 0.1) is 54.2 Å². The molecule has 2 amide bonds. The number of hydrogen-bond acceptors (Lipinski definition) is 11. The van der Waals surface area contributed by atoms with Crippen molar-refractivity contribution in [1.82, 2.24) is 35.9 Å². The fourth-order valence-corrected chi connectivity index (χ4v) is 6.76. The SMILES string of the molecule is COc1nc(-c2cccc(-c3cccc(-c4cnc(CNC[C@@H]5CCC(=O)N5)c(OC)n4)c3Cl)c2Cl)cnc1CNCC1CCC(C(N)=O)O1. The van der Waals surface area contributed by atoms with Crippen LogP contribution in [0.25, 0.3) is 33.6 Å². The third kappa shape index (κ3) is 7.98. The molecule has 2 aliphatic heterocycles. The van der Waals surface area contributed by atoms with E-state index in [4.69, 9.17) is 53.1 Å². The number of methoxy groups -OCH3 is 2. The van der Waals surface area contributed by atoms with Gasteiger partial charge >= 0.3 is 0 Å². The van der Waals surface area contributed by atoms with Crippen molar-refractivity contribution in [3.63, 3.8) is 0 Å². The molecule has 2 aromatic carbocycles. The lowest BCUT2D eigenvalue weighted by molar-refractivity contribution is -0.128. The number of carbonyl (C=O) groups is 2. The molecule has 0 saturated carbocycles. The molecule has 13 nitrogen and oxygen atoms in total. The molecule has 4 heterocycles. The van der Waals surface area contributed by atoms with Crippen LogP contribution in [0.3, 0.4) is 0 Å². The number of amides is 2. The van der Waals surface area contributed by atoms with E-state index in [-0.39, 0.29) is 18.1 Å². The van der Waals surface area contributed by atoms with Crippen LogP contribution in [-0.4, -0.2) is 77.3 Å². The van der Waals surface area contributed by atoms with E-state index in [1.54, 1.807) is 19.5 Å². The van der Waals surface area contributed by atoms with Crippen molar-refractivity contribution in [2.24, 2.45) is 5.73 Å². The predicted octanol–water partition coefficient (Wildman–Crippen LogP) is 4.08. The highest BCUT2D eigenvalue weighted by molar-refractivity contribution is 6.39. The first-order valence-electron chi connectivity index (χ1n) is 16.3. The summed E-state index contributed by atoms with van der Waals surface area (Å²) in [6.45, 7) is 1.98. The fourth-order valence-electron chi connectivity index (χ4n) is 6.11. The van der Waals surface area contributed by atoms with E-state index in [0.29, 0.717) is 106 Å². The summed E-state index contributed by atoms with van der Waals surface area (Å²) in [6.07, 6.45) is 5.40. The number of primary amides is 1. The van der Waals surface area contributed by atoms with E-state index in [0.717, 1.165) is 12.8 Å². The number of halogens is 2. The molecule has 0 aliphatic carbocycles. The lowest BCUT2D eigenvalue weighted by Gasteiger charge is -2.16. The van der Waals surface area contributed by atoms with Crippen molar-refractivity contribution >= 4 is 35.0 Å². The maximum Gasteiger partial charge on any atom is 0.246 e. The number of nitrogens with zero attached hydrogens (tertiary/aromatic N) is 4. The van der Waals surface area contributed by atoms with Gasteiger partial charge in [-0.25, -0.2) is 9.97 Å². The highest BCUT2D eigenvalue weighted by Gasteiger charge is 2.29. The van der Waals surface area contributed by atoms with Crippen LogP contribution in [0.5, 0.6) is 11.8 Å². The van der Waals surface area contributed by atoms with Crippen molar-refractivity contribution < 1.29 is 23.8 Å². The molecule has 0 spiro atoms. The minimum atomic E-state index is -0.537. The molecule has 3 atom stereocenters. The third-order valence-corrected chi connectivity index (χ3v) is 9.52. The molecule has 50 heavy (non-hydrogen) atoms. The van der Waals surface area contributed by atoms with Gasteiger partial charge in [-0.2, -0.15) is 0 Å². The van der Waals surface area contributed by atoms with Crippen molar-refractivity contribution in [2.45, 2.75) is 57.0 Å². The number of rotatable bonds is 14. The Hall–Kier alpha value is -4.40. The smallest absolute Gasteiger partial charge is 0.246 e. The average Bonchev–Trinajstić information content (AvgIpc) is 3.78. The summed E-state index contributed by atoms with van der Waals surface area (Å²) in [5.41, 5.74) is 10.4. The molecule has 6 rings (SSSR count). The second kappa shape index (κ2) is 16.1. The second-order valence-corrected chi connectivity index (χ2v) is 12.8. The Morgan fingerprint density at radius 3 is 1.88 bits per heavy atom. The van der Waals surface area contributed by atoms with E-state index < -0.39 is 12.0 Å². The number of aromatic nitrogens is 4. The number of benzene rings is 2. The summed E-state index contributed by atoms with van der Waals surface area (Å²) in [5, 5.41) is 10.5. The summed E-state index contributed by atoms with van der Waals surface area (Å²) in [5.74, 6) is 0.371. The standard InChI is InChI=1S/C35H38Cl2N8O5/c1-48-34-27(15-39-13-19-9-12-30(46)43-19)41-17-25(44-34)23-7-3-5-21(31(23)36)22-6-4-8-24(32(22)37)26-18-42-28(35(45-26)49-2)16-40-14-20-10-11-29(50-20)33(38)47/h3-8,17-20,29,39-40H,9-16H2,1-2H3,(H2,38,47)(H,43,46)/t19-,20?,29?/m0/s1. The van der Waals surface area contributed by atoms with Crippen LogP contribution in [0, 0.1) is 0 Å². The monoisotopic (exact) mass is 720 g/mol. The highest BCUT2D eigenvalue weighted by Crippen LogP contribution is 2.42. The molecule has 2 unspecified atom stereocenters. The molecule has 0 radical (unpaired) electrons. The quantitative estimate of drug-likeness (QED) is 0.148. The molecule has 2 fully saturated rings. The molecule has 262 valence electrons. The van der Waals surface area contributed by atoms with Crippen molar-refractivity contribution in [2.75, 3.05) is 27.3 Å². The Kier molecular flexibility index (Phi) is 11.4. The van der Waals surface area contributed by atoms with E-state index in [2.05, 4.69) is 25.9 Å². The number of carbonyl (C=O) groups excluding carboxylic acids is 2. The Morgan fingerprint density at radius 1 is 0.860 bits per heavy atom. The van der Waals surface area contributed by atoms with Crippen LogP contribution in [0.1, 0.15) is 37.1 Å². The Bertz CT molecular complexity index is 1880. The van der Waals surface area contributed by atoms with Gasteiger partial charge in [0.25, 0.3) is 0 Å². The zero-order valence-electron chi connectivity index (χ0n) is 27.7. The summed E-state index contributed by atoms with van der Waals surface area (Å²) < 4.78 is 16.8. The lowest BCUT2D eigenvalue weighted by atomic mass is 9.98. The molecule has 15 heteroatoms. The van der Waals surface area contributed by atoms with Gasteiger partial charge in [0.2, 0.25) is 23.6 Å². The second-order valence-electron chi connectivity index (χ2n) is 12.0. The number of nitrogens with one attached hydrogen (secondary N) is 3. The average molecular weight is 722 g/mol. The number of hydrogen-bond donors (Lipinski definition) is 4. The van der Waals surface area contributed by atoms with Crippen molar-refractivity contribution in [1.29, 1.82) is 0 Å². The first-order valence-corrected chi connectivity index (χ1v) is 17.0. The molecule has 4 aromatic rings. The third-order valence-electron chi connectivity index (χ3n) is 8.71. The van der Waals surface area contributed by atoms with Crippen molar-refractivity contribution in [3.05, 3.63) is 70.2 Å². The van der Waals surface area contributed by atoms with E-state index in [1.807, 2.05) is 36.4 Å². The first-order chi connectivity index (χ1) is 24.2. The van der Waals surface area contributed by atoms with Crippen LogP contribution in [0.2, 0.25) is 10.0 Å². The van der Waals surface area contributed by atoms with E-state index >= 15 is 0 Å². The summed E-state index contributed by atoms with van der Waals surface area (Å²) >= 11 is 14.1. The van der Waals surface area contributed by atoms with E-state index in [1.165, 1.54) is 7.11 Å². The van der Waals surface area contributed by atoms with Crippen molar-refractivity contribution in [3.8, 4) is 45.4 Å². The van der Waals surface area contributed by atoms with Crippen LogP contribution >= 0.6 is 23.2 Å². The van der Waals surface area contributed by atoms with Crippen LogP contribution in [0.4, 0.5) is 0 Å². The van der Waals surface area contributed by atoms with Gasteiger partial charge in [0, 0.05) is 60.9 Å². The number of ether oxygens (including phenoxy) is 3. The van der Waals surface area contributed by atoms with Gasteiger partial charge in [0.1, 0.15) is 17.5 Å². The normalized spacial score (nSPS) is 18.6. The van der Waals surface area contributed by atoms with Gasteiger partial charge in [0.15, 0.2) is 0 Å². The van der Waals surface area contributed by atoms with Crippen LogP contribution < -0.4 is 31.2 Å². The zero-order valence-corrected chi connectivity index (χ0v) is 29.2. The Morgan fingerprint density at radius 2 is 1.40 bits per heavy atom. The maximum atomic E-state index is 11.5. The zero-order chi connectivity index (χ0) is 35.2. The Balaban J connectivity index is 1.18. The molecule has 0 bridgehead atoms. The van der Waals surface area contributed by atoms with Gasteiger partial charge < -0.3 is 35.9 Å². The van der Waals surface area contributed by atoms with Gasteiger partial charge in [-0.1, -0.05) is 59.6 Å². The highest BCUT2D eigenvalue weighted by atomic mass is 35.5. The first kappa shape index (κ1) is 35.4. The Labute approximate surface area is 299 Å². The molecular weight excluding hydrogens is 683 g/mol. The van der Waals surface area contributed by atoms with Gasteiger partial charge in [-0.3, -0.25) is 19.6 Å².